The largest absolute Gasteiger partial charge is 0.339 e. The van der Waals surface area contributed by atoms with Crippen LogP contribution >= 0.6 is 0 Å². The zero-order chi connectivity index (χ0) is 19.2. The van der Waals surface area contributed by atoms with Gasteiger partial charge in [-0.2, -0.15) is 4.31 Å². The van der Waals surface area contributed by atoms with E-state index in [0.717, 1.165) is 24.8 Å². The van der Waals surface area contributed by atoms with Gasteiger partial charge in [0.05, 0.1) is 17.5 Å². The van der Waals surface area contributed by atoms with Crippen LogP contribution in [0, 0.1) is 0 Å². The molecule has 2 aliphatic heterocycles. The van der Waals surface area contributed by atoms with Crippen molar-refractivity contribution >= 4 is 15.9 Å². The van der Waals surface area contributed by atoms with E-state index in [1.165, 1.54) is 14.8 Å². The van der Waals surface area contributed by atoms with Crippen LogP contribution in [0.3, 0.4) is 0 Å². The average Bonchev–Trinajstić information content (AvgIpc) is 3.26. The molecule has 4 rings (SSSR count). The summed E-state index contributed by atoms with van der Waals surface area (Å²) < 4.78 is 53.8. The van der Waals surface area contributed by atoms with Gasteiger partial charge in [0.25, 0.3) is 5.92 Å². The highest BCUT2D eigenvalue weighted by Crippen LogP contribution is 2.28. The Bertz CT molecular complexity index is 851. The number of amides is 1. The number of rotatable bonds is 3. The molecule has 0 spiro atoms. The molecular formula is C18H23F2N3O3S. The van der Waals surface area contributed by atoms with E-state index in [4.69, 9.17) is 0 Å². The molecule has 2 saturated heterocycles. The second-order valence-electron chi connectivity index (χ2n) is 7.51. The van der Waals surface area contributed by atoms with Crippen molar-refractivity contribution in [3.8, 4) is 0 Å². The van der Waals surface area contributed by atoms with Gasteiger partial charge in [-0.05, 0) is 42.5 Å². The summed E-state index contributed by atoms with van der Waals surface area (Å²) in [6.45, 7) is 0.290. The first-order valence-electron chi connectivity index (χ1n) is 9.28. The average molecular weight is 399 g/mol. The molecule has 1 unspecified atom stereocenters. The van der Waals surface area contributed by atoms with Gasteiger partial charge in [-0.3, -0.25) is 10.1 Å². The van der Waals surface area contributed by atoms with Crippen LogP contribution in [-0.4, -0.2) is 68.2 Å². The number of carbonyl (C=O) groups excluding carboxylic acids is 1. The van der Waals surface area contributed by atoms with Crippen molar-refractivity contribution in [3.05, 3.63) is 29.3 Å². The molecule has 1 N–H and O–H groups in total. The third-order valence-corrected chi connectivity index (χ3v) is 7.56. The van der Waals surface area contributed by atoms with Crippen LogP contribution in [0.15, 0.2) is 23.1 Å². The number of nitrogens with zero attached hydrogens (tertiary/aromatic N) is 2. The molecule has 1 aliphatic carbocycles. The Hall–Kier alpha value is -1.58. The predicted molar refractivity (Wildman–Crippen MR) is 95.2 cm³/mol. The van der Waals surface area contributed by atoms with E-state index in [0.29, 0.717) is 4.90 Å². The Morgan fingerprint density at radius 3 is 2.48 bits per heavy atom. The number of halogens is 2. The second kappa shape index (κ2) is 6.79. The van der Waals surface area contributed by atoms with E-state index in [1.54, 1.807) is 12.1 Å². The molecule has 0 saturated carbocycles. The molecule has 27 heavy (non-hydrogen) atoms. The number of sulfonamides is 1. The van der Waals surface area contributed by atoms with Crippen molar-refractivity contribution in [2.24, 2.45) is 0 Å². The third kappa shape index (κ3) is 3.60. The number of piperazine rings is 1. The highest BCUT2D eigenvalue weighted by molar-refractivity contribution is 7.89. The molecule has 3 aliphatic rings. The maximum atomic E-state index is 13.3. The quantitative estimate of drug-likeness (QED) is 0.824. The molecular weight excluding hydrogens is 376 g/mol. The number of alkyl halides is 2. The fraction of sp³-hybridized carbons (Fsp3) is 0.611. The maximum absolute atomic E-state index is 13.3. The molecule has 1 atom stereocenters. The normalized spacial score (nSPS) is 25.6. The minimum atomic E-state index is -3.61. The molecule has 0 aromatic heterocycles. The standard InChI is InChI=1S/C18H23F2N3O3S/c19-18(20)11-16(21-12-18)17(24)22-6-8-23(9-7-22)27(25,26)15-5-4-13-2-1-3-14(13)10-15/h4-5,10,16,21H,1-3,6-9,11-12H2. The molecule has 6 nitrogen and oxygen atoms in total. The van der Waals surface area contributed by atoms with Gasteiger partial charge in [-0.1, -0.05) is 6.07 Å². The van der Waals surface area contributed by atoms with E-state index in [9.17, 15) is 22.0 Å². The number of hydrogen-bond acceptors (Lipinski definition) is 4. The third-order valence-electron chi connectivity index (χ3n) is 5.67. The minimum absolute atomic E-state index is 0.175. The van der Waals surface area contributed by atoms with Crippen LogP contribution in [-0.2, 0) is 27.7 Å². The highest BCUT2D eigenvalue weighted by Gasteiger charge is 2.44. The van der Waals surface area contributed by atoms with E-state index < -0.39 is 35.0 Å². The highest BCUT2D eigenvalue weighted by atomic mass is 32.2. The van der Waals surface area contributed by atoms with Crippen molar-refractivity contribution in [2.45, 2.75) is 42.5 Å². The lowest BCUT2D eigenvalue weighted by molar-refractivity contribution is -0.134. The summed E-state index contributed by atoms with van der Waals surface area (Å²) in [6, 6.07) is 4.42. The summed E-state index contributed by atoms with van der Waals surface area (Å²) in [6.07, 6.45) is 2.44. The van der Waals surface area contributed by atoms with Crippen molar-refractivity contribution in [2.75, 3.05) is 32.7 Å². The summed E-state index contributed by atoms with van der Waals surface area (Å²) in [7, 11) is -3.61. The molecule has 0 bridgehead atoms. The number of carbonyl (C=O) groups is 1. The fourth-order valence-corrected chi connectivity index (χ4v) is 5.59. The lowest BCUT2D eigenvalue weighted by Gasteiger charge is -2.35. The van der Waals surface area contributed by atoms with E-state index in [2.05, 4.69) is 5.32 Å². The van der Waals surface area contributed by atoms with Crippen molar-refractivity contribution < 1.29 is 22.0 Å². The van der Waals surface area contributed by atoms with Gasteiger partial charge >= 0.3 is 0 Å². The smallest absolute Gasteiger partial charge is 0.262 e. The number of fused-ring (bicyclic) bond motifs is 1. The second-order valence-corrected chi connectivity index (χ2v) is 9.44. The molecule has 1 amide bonds. The van der Waals surface area contributed by atoms with Crippen molar-refractivity contribution in [1.29, 1.82) is 0 Å². The molecule has 2 fully saturated rings. The first-order chi connectivity index (χ1) is 12.8. The first-order valence-corrected chi connectivity index (χ1v) is 10.7. The predicted octanol–water partition coefficient (Wildman–Crippen LogP) is 1.01. The minimum Gasteiger partial charge on any atom is -0.339 e. The Morgan fingerprint density at radius 1 is 1.11 bits per heavy atom. The summed E-state index contributed by atoms with van der Waals surface area (Å²) in [5.41, 5.74) is 2.31. The van der Waals surface area contributed by atoms with Crippen LogP contribution in [0.1, 0.15) is 24.0 Å². The SMILES string of the molecule is O=C(C1CC(F)(F)CN1)N1CCN(S(=O)(=O)c2ccc3c(c2)CCC3)CC1. The van der Waals surface area contributed by atoms with Gasteiger partial charge in [0.15, 0.2) is 0 Å². The first kappa shape index (κ1) is 18.8. The molecule has 2 heterocycles. The van der Waals surface area contributed by atoms with Gasteiger partial charge in [0, 0.05) is 32.6 Å². The zero-order valence-electron chi connectivity index (χ0n) is 15.0. The van der Waals surface area contributed by atoms with Gasteiger partial charge in [-0.25, -0.2) is 17.2 Å². The van der Waals surface area contributed by atoms with Crippen molar-refractivity contribution in [3.63, 3.8) is 0 Å². The van der Waals surface area contributed by atoms with Gasteiger partial charge in [-0.15, -0.1) is 0 Å². The summed E-state index contributed by atoms with van der Waals surface area (Å²) in [5.74, 6) is -3.24. The van der Waals surface area contributed by atoms with Crippen LogP contribution in [0.5, 0.6) is 0 Å². The van der Waals surface area contributed by atoms with E-state index in [1.807, 2.05) is 6.07 Å². The molecule has 0 radical (unpaired) electrons. The molecule has 1 aromatic rings. The lowest BCUT2D eigenvalue weighted by Crippen LogP contribution is -2.54. The Kier molecular flexibility index (Phi) is 4.72. The van der Waals surface area contributed by atoms with Gasteiger partial charge in [0.2, 0.25) is 15.9 Å². The Balaban J connectivity index is 1.41. The van der Waals surface area contributed by atoms with Crippen LogP contribution < -0.4 is 5.32 Å². The molecule has 1 aromatic carbocycles. The van der Waals surface area contributed by atoms with E-state index in [-0.39, 0.29) is 32.1 Å². The zero-order valence-corrected chi connectivity index (χ0v) is 15.8. The Morgan fingerprint density at radius 2 is 1.81 bits per heavy atom. The molecule has 9 heteroatoms. The monoisotopic (exact) mass is 399 g/mol. The van der Waals surface area contributed by atoms with Crippen LogP contribution in [0.4, 0.5) is 8.78 Å². The van der Waals surface area contributed by atoms with Gasteiger partial charge < -0.3 is 4.90 Å². The number of nitrogens with one attached hydrogen (secondary N) is 1. The van der Waals surface area contributed by atoms with Crippen LogP contribution in [0.25, 0.3) is 0 Å². The van der Waals surface area contributed by atoms with Crippen LogP contribution in [0.2, 0.25) is 0 Å². The maximum Gasteiger partial charge on any atom is 0.262 e. The Labute approximate surface area is 157 Å². The lowest BCUT2D eigenvalue weighted by atomic mass is 10.1. The van der Waals surface area contributed by atoms with Crippen molar-refractivity contribution in [1.82, 2.24) is 14.5 Å². The summed E-state index contributed by atoms with van der Waals surface area (Å²) in [4.78, 5) is 14.2. The van der Waals surface area contributed by atoms with Gasteiger partial charge in [0.1, 0.15) is 0 Å². The number of benzene rings is 1. The van der Waals surface area contributed by atoms with E-state index >= 15 is 0 Å². The number of aryl methyl sites for hydroxylation is 2. The summed E-state index contributed by atoms with van der Waals surface area (Å²) >= 11 is 0. The summed E-state index contributed by atoms with van der Waals surface area (Å²) in [5, 5.41) is 2.56. The molecule has 148 valence electrons. The topological polar surface area (TPSA) is 69.7 Å². The fourth-order valence-electron chi connectivity index (χ4n) is 4.12. The number of hydrogen-bond donors (Lipinski definition) is 1.